The van der Waals surface area contributed by atoms with Crippen LogP contribution in [0, 0.1) is 13.8 Å². The molecule has 1 amide bonds. The van der Waals surface area contributed by atoms with Gasteiger partial charge >= 0.3 is 0 Å². The zero-order valence-electron chi connectivity index (χ0n) is 17.9. The molecule has 1 aromatic heterocycles. The summed E-state index contributed by atoms with van der Waals surface area (Å²) in [5, 5.41) is 0.574. The largest absolute Gasteiger partial charge is 0.333 e. The molecule has 0 aliphatic heterocycles. The quantitative estimate of drug-likeness (QED) is 0.611. The molecule has 0 spiro atoms. The minimum absolute atomic E-state index is 0.0801. The van der Waals surface area contributed by atoms with Crippen molar-refractivity contribution < 1.29 is 4.79 Å². The number of hydrogen-bond donors (Lipinski definition) is 0. The maximum absolute atomic E-state index is 13.5. The average molecular weight is 392 g/mol. The maximum atomic E-state index is 13.5. The molecule has 5 nitrogen and oxygen atoms in total. The minimum atomic E-state index is -0.321. The molecule has 1 atom stereocenters. The van der Waals surface area contributed by atoms with E-state index in [1.165, 1.54) is 5.56 Å². The number of aryl methyl sites for hydroxylation is 2. The third kappa shape index (κ3) is 3.95. The smallest absolute Gasteiger partial charge is 0.266 e. The van der Waals surface area contributed by atoms with Crippen molar-refractivity contribution in [3.8, 4) is 5.69 Å². The predicted molar refractivity (Wildman–Crippen MR) is 118 cm³/mol. The van der Waals surface area contributed by atoms with Crippen molar-refractivity contribution in [3.63, 3.8) is 0 Å². The van der Waals surface area contributed by atoms with Gasteiger partial charge in [0.15, 0.2) is 0 Å². The van der Waals surface area contributed by atoms with Crippen molar-refractivity contribution in [1.82, 2.24) is 14.5 Å². The highest BCUT2D eigenvalue weighted by molar-refractivity contribution is 5.79. The summed E-state index contributed by atoms with van der Waals surface area (Å²) in [7, 11) is 0. The summed E-state index contributed by atoms with van der Waals surface area (Å²) >= 11 is 0. The molecule has 1 heterocycles. The molecule has 3 rings (SSSR count). The first-order valence-electron chi connectivity index (χ1n) is 10.3. The lowest BCUT2D eigenvalue weighted by Gasteiger charge is -2.29. The van der Waals surface area contributed by atoms with Crippen molar-refractivity contribution in [2.45, 2.75) is 53.5 Å². The Morgan fingerprint density at radius 3 is 2.48 bits per heavy atom. The highest BCUT2D eigenvalue weighted by Gasteiger charge is 2.25. The van der Waals surface area contributed by atoms with E-state index in [1.54, 1.807) is 15.5 Å². The summed E-state index contributed by atoms with van der Waals surface area (Å²) < 4.78 is 1.67. The van der Waals surface area contributed by atoms with Gasteiger partial charge in [0, 0.05) is 13.0 Å². The van der Waals surface area contributed by atoms with Crippen LogP contribution < -0.4 is 5.56 Å². The zero-order valence-corrected chi connectivity index (χ0v) is 17.9. The Hall–Kier alpha value is -2.95. The molecular formula is C24H29N3O2. The van der Waals surface area contributed by atoms with Crippen molar-refractivity contribution in [3.05, 3.63) is 69.8 Å². The van der Waals surface area contributed by atoms with E-state index in [2.05, 4.69) is 0 Å². The number of aromatic nitrogens is 2. The molecule has 0 aliphatic rings. The lowest BCUT2D eigenvalue weighted by Crippen LogP contribution is -2.37. The lowest BCUT2D eigenvalue weighted by molar-refractivity contribution is -0.133. The van der Waals surface area contributed by atoms with Crippen LogP contribution in [0.3, 0.4) is 0 Å². The predicted octanol–water partition coefficient (Wildman–Crippen LogP) is 4.71. The highest BCUT2D eigenvalue weighted by atomic mass is 16.2. The second-order valence-electron chi connectivity index (χ2n) is 7.50. The molecule has 152 valence electrons. The average Bonchev–Trinajstić information content (AvgIpc) is 2.71. The summed E-state index contributed by atoms with van der Waals surface area (Å²) in [6, 6.07) is 13.0. The topological polar surface area (TPSA) is 55.2 Å². The molecule has 0 saturated heterocycles. The van der Waals surface area contributed by atoms with E-state index in [1.807, 2.05) is 71.0 Å². The minimum Gasteiger partial charge on any atom is -0.333 e. The van der Waals surface area contributed by atoms with Crippen molar-refractivity contribution in [2.24, 2.45) is 0 Å². The second-order valence-corrected chi connectivity index (χ2v) is 7.50. The number of carbonyl (C=O) groups excluding carboxylic acids is 1. The van der Waals surface area contributed by atoms with Gasteiger partial charge in [-0.05, 0) is 69.5 Å². The summed E-state index contributed by atoms with van der Waals surface area (Å²) in [5.74, 6) is 0.666. The molecule has 0 saturated carbocycles. The molecule has 29 heavy (non-hydrogen) atoms. The van der Waals surface area contributed by atoms with Crippen LogP contribution in [0.1, 0.15) is 56.6 Å². The zero-order chi connectivity index (χ0) is 21.1. The molecule has 0 aliphatic carbocycles. The molecule has 0 N–H and O–H groups in total. The van der Waals surface area contributed by atoms with Crippen molar-refractivity contribution in [1.29, 1.82) is 0 Å². The van der Waals surface area contributed by atoms with Gasteiger partial charge in [-0.2, -0.15) is 0 Å². The van der Waals surface area contributed by atoms with E-state index in [4.69, 9.17) is 4.98 Å². The number of amides is 1. The number of fused-ring (bicyclic) bond motifs is 1. The molecular weight excluding hydrogens is 362 g/mol. The second kappa shape index (κ2) is 8.60. The first-order valence-corrected chi connectivity index (χ1v) is 10.3. The van der Waals surface area contributed by atoms with Crippen LogP contribution in [0.2, 0.25) is 0 Å². The maximum Gasteiger partial charge on any atom is 0.266 e. The van der Waals surface area contributed by atoms with Gasteiger partial charge in [-0.1, -0.05) is 25.1 Å². The fraction of sp³-hybridized carbons (Fsp3) is 0.375. The van der Waals surface area contributed by atoms with Crippen LogP contribution in [-0.2, 0) is 4.79 Å². The fourth-order valence-corrected chi connectivity index (χ4v) is 3.71. The van der Waals surface area contributed by atoms with E-state index >= 15 is 0 Å². The van der Waals surface area contributed by atoms with E-state index in [0.29, 0.717) is 29.7 Å². The van der Waals surface area contributed by atoms with Crippen LogP contribution in [0.25, 0.3) is 16.6 Å². The molecule has 5 heteroatoms. The molecule has 1 unspecified atom stereocenters. The van der Waals surface area contributed by atoms with E-state index < -0.39 is 0 Å². The summed E-state index contributed by atoms with van der Waals surface area (Å²) in [5.41, 5.74) is 3.59. The van der Waals surface area contributed by atoms with Gasteiger partial charge in [-0.3, -0.25) is 14.2 Å². The van der Waals surface area contributed by atoms with Crippen LogP contribution in [-0.4, -0.2) is 26.9 Å². The Morgan fingerprint density at radius 1 is 1.10 bits per heavy atom. The summed E-state index contributed by atoms with van der Waals surface area (Å²) in [4.78, 5) is 32.8. The van der Waals surface area contributed by atoms with Gasteiger partial charge in [-0.25, -0.2) is 4.98 Å². The number of para-hydroxylation sites is 1. The van der Waals surface area contributed by atoms with E-state index in [9.17, 15) is 9.59 Å². The van der Waals surface area contributed by atoms with E-state index in [0.717, 1.165) is 17.7 Å². The van der Waals surface area contributed by atoms with Crippen molar-refractivity contribution >= 4 is 16.8 Å². The van der Waals surface area contributed by atoms with Gasteiger partial charge in [0.05, 0.1) is 22.6 Å². The number of hydrogen-bond acceptors (Lipinski definition) is 3. The summed E-state index contributed by atoms with van der Waals surface area (Å²) in [6.45, 7) is 10.6. The Bertz CT molecular complexity index is 1100. The Kier molecular flexibility index (Phi) is 6.16. The van der Waals surface area contributed by atoms with Gasteiger partial charge < -0.3 is 4.90 Å². The van der Waals surface area contributed by atoms with Crippen LogP contribution in [0.4, 0.5) is 0 Å². The lowest BCUT2D eigenvalue weighted by atomic mass is 10.1. The standard InChI is InChI=1S/C24H29N3O2/c1-6-10-22(28)26(7-2)18(5)23-25-21-12-9-8-11-20(21)24(29)27(23)19-14-13-16(3)17(4)15-19/h8-9,11-15,18H,6-7,10H2,1-5H3. The number of rotatable bonds is 6. The molecule has 0 bridgehead atoms. The summed E-state index contributed by atoms with van der Waals surface area (Å²) in [6.07, 6.45) is 1.27. The monoisotopic (exact) mass is 391 g/mol. The van der Waals surface area contributed by atoms with Crippen LogP contribution in [0.5, 0.6) is 0 Å². The number of carbonyl (C=O) groups is 1. The van der Waals surface area contributed by atoms with E-state index in [-0.39, 0.29) is 17.5 Å². The number of nitrogens with zero attached hydrogens (tertiary/aromatic N) is 3. The molecule has 2 aromatic carbocycles. The Morgan fingerprint density at radius 2 is 1.83 bits per heavy atom. The van der Waals surface area contributed by atoms with Gasteiger partial charge in [0.1, 0.15) is 5.82 Å². The normalized spacial score (nSPS) is 12.2. The molecule has 0 radical (unpaired) electrons. The third-order valence-electron chi connectivity index (χ3n) is 5.52. The Labute approximate surface area is 172 Å². The van der Waals surface area contributed by atoms with Gasteiger partial charge in [-0.15, -0.1) is 0 Å². The Balaban J connectivity index is 2.28. The molecule has 0 fully saturated rings. The molecule has 3 aromatic rings. The van der Waals surface area contributed by atoms with Gasteiger partial charge in [0.2, 0.25) is 5.91 Å². The SMILES string of the molecule is CCCC(=O)N(CC)C(C)c1nc2ccccc2c(=O)n1-c1ccc(C)c(C)c1. The van der Waals surface area contributed by atoms with Crippen LogP contribution in [0.15, 0.2) is 47.3 Å². The van der Waals surface area contributed by atoms with Crippen molar-refractivity contribution in [2.75, 3.05) is 6.54 Å². The first-order chi connectivity index (χ1) is 13.9. The third-order valence-corrected chi connectivity index (χ3v) is 5.52. The van der Waals surface area contributed by atoms with Gasteiger partial charge in [0.25, 0.3) is 5.56 Å². The van der Waals surface area contributed by atoms with Crippen LogP contribution >= 0.6 is 0 Å². The fourth-order valence-electron chi connectivity index (χ4n) is 3.71. The number of benzene rings is 2. The highest BCUT2D eigenvalue weighted by Crippen LogP contribution is 2.24. The first kappa shape index (κ1) is 20.8.